The van der Waals surface area contributed by atoms with E-state index in [1.807, 2.05) is 13.8 Å². The predicted molar refractivity (Wildman–Crippen MR) is 61.1 cm³/mol. The summed E-state index contributed by atoms with van der Waals surface area (Å²) < 4.78 is 5.01. The highest BCUT2D eigenvalue weighted by Crippen LogP contribution is 2.16. The zero-order valence-corrected chi connectivity index (χ0v) is 10.2. The van der Waals surface area contributed by atoms with Crippen LogP contribution in [0, 0.1) is 5.92 Å². The molecule has 0 aromatic rings. The monoisotopic (exact) mass is 230 g/mol. The van der Waals surface area contributed by atoms with E-state index in [2.05, 4.69) is 0 Å². The summed E-state index contributed by atoms with van der Waals surface area (Å²) in [4.78, 5) is 21.9. The summed E-state index contributed by atoms with van der Waals surface area (Å²) in [5.41, 5.74) is 0. The van der Waals surface area contributed by atoms with Gasteiger partial charge in [-0.1, -0.05) is 26.7 Å². The lowest BCUT2D eigenvalue weighted by Crippen LogP contribution is -2.15. The van der Waals surface area contributed by atoms with E-state index < -0.39 is 5.97 Å². The maximum Gasteiger partial charge on any atom is 0.306 e. The Morgan fingerprint density at radius 1 is 1.19 bits per heavy atom. The van der Waals surface area contributed by atoms with Crippen molar-refractivity contribution in [3.8, 4) is 0 Å². The molecule has 0 aliphatic carbocycles. The molecule has 0 amide bonds. The second-order valence-corrected chi connectivity index (χ2v) is 4.03. The van der Waals surface area contributed by atoms with Crippen molar-refractivity contribution < 1.29 is 19.4 Å². The van der Waals surface area contributed by atoms with Crippen LogP contribution in [0.15, 0.2) is 0 Å². The number of carbonyl (C=O) groups is 2. The SMILES string of the molecule is CCCCOC(=O)CC(CCC)CC(=O)O. The third-order valence-electron chi connectivity index (χ3n) is 2.38. The van der Waals surface area contributed by atoms with Crippen LogP contribution in [0.4, 0.5) is 0 Å². The van der Waals surface area contributed by atoms with Crippen LogP contribution in [0.2, 0.25) is 0 Å². The first-order valence-electron chi connectivity index (χ1n) is 5.97. The summed E-state index contributed by atoms with van der Waals surface area (Å²) >= 11 is 0. The second kappa shape index (κ2) is 9.19. The largest absolute Gasteiger partial charge is 0.481 e. The maximum atomic E-state index is 11.4. The number of hydrogen-bond donors (Lipinski definition) is 1. The van der Waals surface area contributed by atoms with Gasteiger partial charge in [0, 0.05) is 12.8 Å². The highest BCUT2D eigenvalue weighted by Gasteiger charge is 2.17. The van der Waals surface area contributed by atoms with Crippen molar-refractivity contribution in [2.24, 2.45) is 5.92 Å². The Balaban J connectivity index is 3.87. The normalized spacial score (nSPS) is 12.1. The molecule has 0 aromatic carbocycles. The average molecular weight is 230 g/mol. The number of carboxylic acids is 1. The minimum atomic E-state index is -0.847. The standard InChI is InChI=1S/C12H22O4/c1-3-5-7-16-12(15)9-10(6-4-2)8-11(13)14/h10H,3-9H2,1-2H3,(H,13,14). The van der Waals surface area contributed by atoms with Gasteiger partial charge in [-0.15, -0.1) is 0 Å². The van der Waals surface area contributed by atoms with Crippen molar-refractivity contribution >= 4 is 11.9 Å². The zero-order chi connectivity index (χ0) is 12.4. The Bertz CT molecular complexity index is 213. The smallest absolute Gasteiger partial charge is 0.306 e. The van der Waals surface area contributed by atoms with Crippen molar-refractivity contribution in [1.29, 1.82) is 0 Å². The lowest BCUT2D eigenvalue weighted by Gasteiger charge is -2.12. The van der Waals surface area contributed by atoms with Crippen LogP contribution in [-0.2, 0) is 14.3 Å². The van der Waals surface area contributed by atoms with Gasteiger partial charge in [-0.2, -0.15) is 0 Å². The molecule has 0 bridgehead atoms. The minimum Gasteiger partial charge on any atom is -0.481 e. The second-order valence-electron chi connectivity index (χ2n) is 4.03. The Labute approximate surface area is 97.0 Å². The highest BCUT2D eigenvalue weighted by atomic mass is 16.5. The van der Waals surface area contributed by atoms with Gasteiger partial charge in [0.1, 0.15) is 0 Å². The Hall–Kier alpha value is -1.06. The number of hydrogen-bond acceptors (Lipinski definition) is 3. The van der Waals surface area contributed by atoms with E-state index in [0.29, 0.717) is 6.61 Å². The number of rotatable bonds is 9. The first-order valence-corrected chi connectivity index (χ1v) is 5.97. The number of esters is 1. The molecule has 16 heavy (non-hydrogen) atoms. The third-order valence-corrected chi connectivity index (χ3v) is 2.38. The van der Waals surface area contributed by atoms with Gasteiger partial charge in [-0.25, -0.2) is 0 Å². The fourth-order valence-electron chi connectivity index (χ4n) is 1.56. The Morgan fingerprint density at radius 3 is 2.38 bits per heavy atom. The lowest BCUT2D eigenvalue weighted by atomic mass is 9.96. The van der Waals surface area contributed by atoms with Crippen molar-refractivity contribution in [3.63, 3.8) is 0 Å². The van der Waals surface area contributed by atoms with Gasteiger partial charge in [0.15, 0.2) is 0 Å². The molecule has 0 spiro atoms. The molecular weight excluding hydrogens is 208 g/mol. The van der Waals surface area contributed by atoms with Crippen LogP contribution in [0.1, 0.15) is 52.4 Å². The van der Waals surface area contributed by atoms with Crippen LogP contribution < -0.4 is 0 Å². The average Bonchev–Trinajstić information content (AvgIpc) is 2.17. The third kappa shape index (κ3) is 8.26. The molecule has 0 radical (unpaired) electrons. The van der Waals surface area contributed by atoms with Gasteiger partial charge >= 0.3 is 11.9 Å². The summed E-state index contributed by atoms with van der Waals surface area (Å²) in [5, 5.41) is 8.69. The molecule has 0 aliphatic heterocycles. The first-order chi connectivity index (χ1) is 7.60. The van der Waals surface area contributed by atoms with Gasteiger partial charge in [0.2, 0.25) is 0 Å². The molecule has 0 aromatic heterocycles. The van der Waals surface area contributed by atoms with E-state index in [4.69, 9.17) is 9.84 Å². The quantitative estimate of drug-likeness (QED) is 0.488. The predicted octanol–water partition coefficient (Wildman–Crippen LogP) is 2.61. The first kappa shape index (κ1) is 14.9. The molecule has 0 saturated carbocycles. The molecule has 94 valence electrons. The topological polar surface area (TPSA) is 63.6 Å². The molecule has 1 N–H and O–H groups in total. The fraction of sp³-hybridized carbons (Fsp3) is 0.833. The number of carboxylic acid groups (broad SMARTS) is 1. The summed E-state index contributed by atoms with van der Waals surface area (Å²) in [6.07, 6.45) is 3.78. The van der Waals surface area contributed by atoms with E-state index in [-0.39, 0.29) is 24.7 Å². The van der Waals surface area contributed by atoms with Crippen LogP contribution in [0.25, 0.3) is 0 Å². The molecule has 4 nitrogen and oxygen atoms in total. The number of ether oxygens (including phenoxy) is 1. The fourth-order valence-corrected chi connectivity index (χ4v) is 1.56. The number of aliphatic carboxylic acids is 1. The van der Waals surface area contributed by atoms with Crippen molar-refractivity contribution in [2.75, 3.05) is 6.61 Å². The van der Waals surface area contributed by atoms with E-state index in [1.165, 1.54) is 0 Å². The van der Waals surface area contributed by atoms with Crippen molar-refractivity contribution in [3.05, 3.63) is 0 Å². The number of unbranched alkanes of at least 4 members (excludes halogenated alkanes) is 1. The molecule has 0 saturated heterocycles. The molecular formula is C12H22O4. The van der Waals surface area contributed by atoms with E-state index in [9.17, 15) is 9.59 Å². The van der Waals surface area contributed by atoms with Gasteiger partial charge in [-0.3, -0.25) is 9.59 Å². The summed E-state index contributed by atoms with van der Waals surface area (Å²) in [7, 11) is 0. The van der Waals surface area contributed by atoms with Gasteiger partial charge in [-0.05, 0) is 18.8 Å². The summed E-state index contributed by atoms with van der Waals surface area (Å²) in [5.74, 6) is -1.20. The Morgan fingerprint density at radius 2 is 1.88 bits per heavy atom. The molecule has 1 unspecified atom stereocenters. The number of carbonyl (C=O) groups excluding carboxylic acids is 1. The molecule has 0 heterocycles. The lowest BCUT2D eigenvalue weighted by molar-refractivity contribution is -0.145. The maximum absolute atomic E-state index is 11.4. The van der Waals surface area contributed by atoms with Crippen molar-refractivity contribution in [1.82, 2.24) is 0 Å². The highest BCUT2D eigenvalue weighted by molar-refractivity contribution is 5.72. The summed E-state index contributed by atoms with van der Waals surface area (Å²) in [6.45, 7) is 4.46. The van der Waals surface area contributed by atoms with Gasteiger partial charge in [0.05, 0.1) is 6.61 Å². The molecule has 0 aliphatic rings. The van der Waals surface area contributed by atoms with E-state index >= 15 is 0 Å². The molecule has 0 fully saturated rings. The van der Waals surface area contributed by atoms with Crippen LogP contribution in [-0.4, -0.2) is 23.7 Å². The van der Waals surface area contributed by atoms with Gasteiger partial charge in [0.25, 0.3) is 0 Å². The van der Waals surface area contributed by atoms with Gasteiger partial charge < -0.3 is 9.84 Å². The van der Waals surface area contributed by atoms with Crippen LogP contribution >= 0.6 is 0 Å². The van der Waals surface area contributed by atoms with Crippen molar-refractivity contribution in [2.45, 2.75) is 52.4 Å². The molecule has 4 heteroatoms. The van der Waals surface area contributed by atoms with E-state index in [1.54, 1.807) is 0 Å². The molecule has 1 atom stereocenters. The van der Waals surface area contributed by atoms with Crippen LogP contribution in [0.3, 0.4) is 0 Å². The molecule has 0 rings (SSSR count). The zero-order valence-electron chi connectivity index (χ0n) is 10.2. The van der Waals surface area contributed by atoms with E-state index in [0.717, 1.165) is 25.7 Å². The Kier molecular flexibility index (Phi) is 8.58. The minimum absolute atomic E-state index is 0.0523. The van der Waals surface area contributed by atoms with Crippen LogP contribution in [0.5, 0.6) is 0 Å². The summed E-state index contributed by atoms with van der Waals surface area (Å²) in [6, 6.07) is 0.